The van der Waals surface area contributed by atoms with Gasteiger partial charge < -0.3 is 14.6 Å². The first-order chi connectivity index (χ1) is 6.77. The van der Waals surface area contributed by atoms with E-state index in [1.165, 1.54) is 6.20 Å². The minimum absolute atomic E-state index is 0.0527. The Morgan fingerprint density at radius 1 is 1.79 bits per heavy atom. The second-order valence-corrected chi connectivity index (χ2v) is 3.02. The number of rotatable bonds is 3. The molecule has 2 N–H and O–H groups in total. The predicted molar refractivity (Wildman–Crippen MR) is 45.4 cm³/mol. The summed E-state index contributed by atoms with van der Waals surface area (Å²) in [5.41, 5.74) is 0.0527. The molecule has 1 aliphatic heterocycles. The summed E-state index contributed by atoms with van der Waals surface area (Å²) in [7, 11) is 0. The first-order valence-electron chi connectivity index (χ1n) is 4.28. The van der Waals surface area contributed by atoms with Crippen molar-refractivity contribution in [3.8, 4) is 5.88 Å². The second-order valence-electron chi connectivity index (χ2n) is 3.02. The molecule has 1 fully saturated rings. The molecule has 76 valence electrons. The van der Waals surface area contributed by atoms with Gasteiger partial charge in [0.25, 0.3) is 0 Å². The van der Waals surface area contributed by atoms with Crippen LogP contribution in [0.15, 0.2) is 6.20 Å². The zero-order chi connectivity index (χ0) is 9.97. The van der Waals surface area contributed by atoms with Crippen LogP contribution in [0.1, 0.15) is 16.8 Å². The van der Waals surface area contributed by atoms with E-state index in [0.717, 1.165) is 6.42 Å². The molecule has 0 bridgehead atoms. The average molecular weight is 198 g/mol. The molecule has 0 aliphatic carbocycles. The number of carbonyl (C=O) groups is 1. The number of ether oxygens (including phenoxy) is 2. The van der Waals surface area contributed by atoms with Gasteiger partial charge in [-0.3, -0.25) is 0 Å². The van der Waals surface area contributed by atoms with Gasteiger partial charge in [0.05, 0.1) is 19.4 Å². The lowest BCUT2D eigenvalue weighted by atomic mass is 10.3. The molecule has 0 radical (unpaired) electrons. The number of carboxylic acid groups (broad SMARTS) is 1. The molecule has 1 aliphatic rings. The first-order valence-corrected chi connectivity index (χ1v) is 4.28. The number of nitrogens with one attached hydrogen (secondary N) is 1. The van der Waals surface area contributed by atoms with E-state index in [0.29, 0.717) is 13.2 Å². The standard InChI is InChI=1S/C8H10N2O4/c11-8(12)6-3-9-10-7(6)14-5-1-2-13-4-5/h3,5H,1-2,4H2,(H,9,10)(H,11,12)/t5-/m1/s1. The van der Waals surface area contributed by atoms with E-state index >= 15 is 0 Å². The topological polar surface area (TPSA) is 84.4 Å². The zero-order valence-corrected chi connectivity index (χ0v) is 7.40. The number of hydrogen-bond acceptors (Lipinski definition) is 4. The van der Waals surface area contributed by atoms with Crippen LogP contribution in [0.4, 0.5) is 0 Å². The van der Waals surface area contributed by atoms with Gasteiger partial charge in [0.2, 0.25) is 5.88 Å². The van der Waals surface area contributed by atoms with Crippen molar-refractivity contribution in [2.45, 2.75) is 12.5 Å². The molecule has 6 nitrogen and oxygen atoms in total. The summed E-state index contributed by atoms with van der Waals surface area (Å²) in [5, 5.41) is 14.9. The fourth-order valence-electron chi connectivity index (χ4n) is 1.29. The summed E-state index contributed by atoms with van der Waals surface area (Å²) >= 11 is 0. The zero-order valence-electron chi connectivity index (χ0n) is 7.40. The van der Waals surface area contributed by atoms with Crippen molar-refractivity contribution in [3.05, 3.63) is 11.8 Å². The van der Waals surface area contributed by atoms with Gasteiger partial charge in [0, 0.05) is 6.42 Å². The highest BCUT2D eigenvalue weighted by molar-refractivity contribution is 5.89. The number of aromatic amines is 1. The fourth-order valence-corrected chi connectivity index (χ4v) is 1.29. The molecule has 2 rings (SSSR count). The van der Waals surface area contributed by atoms with Crippen molar-refractivity contribution in [1.29, 1.82) is 0 Å². The highest BCUT2D eigenvalue weighted by Crippen LogP contribution is 2.18. The summed E-state index contributed by atoms with van der Waals surface area (Å²) in [6.07, 6.45) is 1.93. The molecule has 6 heteroatoms. The van der Waals surface area contributed by atoms with E-state index in [1.54, 1.807) is 0 Å². The predicted octanol–water partition coefficient (Wildman–Crippen LogP) is 0.276. The van der Waals surface area contributed by atoms with Crippen molar-refractivity contribution >= 4 is 5.97 Å². The van der Waals surface area contributed by atoms with Crippen molar-refractivity contribution in [3.63, 3.8) is 0 Å². The summed E-state index contributed by atoms with van der Waals surface area (Å²) < 4.78 is 10.5. The number of H-pyrrole nitrogens is 1. The number of carboxylic acids is 1. The molecule has 0 unspecified atom stereocenters. The van der Waals surface area contributed by atoms with E-state index in [4.69, 9.17) is 14.6 Å². The van der Waals surface area contributed by atoms with Gasteiger partial charge in [-0.25, -0.2) is 9.89 Å². The number of aromatic carboxylic acids is 1. The Hall–Kier alpha value is -1.56. The largest absolute Gasteiger partial charge is 0.477 e. The van der Waals surface area contributed by atoms with Crippen molar-refractivity contribution in [1.82, 2.24) is 10.2 Å². The van der Waals surface area contributed by atoms with E-state index < -0.39 is 5.97 Å². The van der Waals surface area contributed by atoms with Crippen LogP contribution in [0.5, 0.6) is 5.88 Å². The molecule has 0 amide bonds. The third-order valence-corrected chi connectivity index (χ3v) is 2.01. The smallest absolute Gasteiger partial charge is 0.342 e. The van der Waals surface area contributed by atoms with Crippen LogP contribution < -0.4 is 4.74 Å². The monoisotopic (exact) mass is 198 g/mol. The Bertz CT molecular complexity index is 330. The van der Waals surface area contributed by atoms with Gasteiger partial charge in [0.1, 0.15) is 11.7 Å². The van der Waals surface area contributed by atoms with Crippen LogP contribution >= 0.6 is 0 Å². The fraction of sp³-hybridized carbons (Fsp3) is 0.500. The number of aromatic nitrogens is 2. The Morgan fingerprint density at radius 3 is 3.29 bits per heavy atom. The first kappa shape index (κ1) is 9.01. The lowest BCUT2D eigenvalue weighted by Crippen LogP contribution is -2.17. The van der Waals surface area contributed by atoms with Crippen molar-refractivity contribution < 1.29 is 19.4 Å². The summed E-state index contributed by atoms with van der Waals surface area (Å²) in [6, 6.07) is 0. The maximum atomic E-state index is 10.7. The molecule has 1 saturated heterocycles. The average Bonchev–Trinajstić information content (AvgIpc) is 2.75. The highest BCUT2D eigenvalue weighted by Gasteiger charge is 2.21. The van der Waals surface area contributed by atoms with Crippen LogP contribution in [0, 0.1) is 0 Å². The Kier molecular flexibility index (Phi) is 2.36. The van der Waals surface area contributed by atoms with Gasteiger partial charge in [-0.15, -0.1) is 0 Å². The van der Waals surface area contributed by atoms with Crippen molar-refractivity contribution in [2.24, 2.45) is 0 Å². The van der Waals surface area contributed by atoms with Crippen LogP contribution in [0.2, 0.25) is 0 Å². The molecule has 1 atom stereocenters. The van der Waals surface area contributed by atoms with Gasteiger partial charge in [0.15, 0.2) is 0 Å². The SMILES string of the molecule is O=C(O)c1cn[nH]c1O[C@@H]1CCOC1. The summed E-state index contributed by atoms with van der Waals surface area (Å²) in [6.45, 7) is 1.15. The minimum Gasteiger partial charge on any atom is -0.477 e. The Morgan fingerprint density at radius 2 is 2.64 bits per heavy atom. The molecule has 2 heterocycles. The molecule has 0 saturated carbocycles. The van der Waals surface area contributed by atoms with E-state index in [1.807, 2.05) is 0 Å². The molecule has 1 aromatic rings. The Balaban J connectivity index is 2.07. The Labute approximate surface area is 79.8 Å². The third-order valence-electron chi connectivity index (χ3n) is 2.01. The summed E-state index contributed by atoms with van der Waals surface area (Å²) in [5.74, 6) is -0.847. The molecular formula is C8H10N2O4. The van der Waals surface area contributed by atoms with Gasteiger partial charge in [-0.05, 0) is 0 Å². The lowest BCUT2D eigenvalue weighted by Gasteiger charge is -2.09. The van der Waals surface area contributed by atoms with E-state index in [-0.39, 0.29) is 17.5 Å². The number of nitrogens with zero attached hydrogens (tertiary/aromatic N) is 1. The van der Waals surface area contributed by atoms with E-state index in [9.17, 15) is 4.79 Å². The third kappa shape index (κ3) is 1.69. The highest BCUT2D eigenvalue weighted by atomic mass is 16.6. The van der Waals surface area contributed by atoms with Crippen LogP contribution in [-0.4, -0.2) is 40.6 Å². The maximum Gasteiger partial charge on any atom is 0.342 e. The van der Waals surface area contributed by atoms with Gasteiger partial charge >= 0.3 is 5.97 Å². The molecular weight excluding hydrogens is 188 g/mol. The second kappa shape index (κ2) is 3.67. The van der Waals surface area contributed by atoms with Crippen LogP contribution in [0.25, 0.3) is 0 Å². The molecule has 14 heavy (non-hydrogen) atoms. The van der Waals surface area contributed by atoms with Crippen LogP contribution in [0.3, 0.4) is 0 Å². The van der Waals surface area contributed by atoms with E-state index in [2.05, 4.69) is 10.2 Å². The number of hydrogen-bond donors (Lipinski definition) is 2. The minimum atomic E-state index is -1.05. The van der Waals surface area contributed by atoms with Crippen molar-refractivity contribution in [2.75, 3.05) is 13.2 Å². The summed E-state index contributed by atoms with van der Waals surface area (Å²) in [4.78, 5) is 10.7. The quantitative estimate of drug-likeness (QED) is 0.728. The van der Waals surface area contributed by atoms with Gasteiger partial charge in [-0.2, -0.15) is 5.10 Å². The maximum absolute atomic E-state index is 10.7. The van der Waals surface area contributed by atoms with Gasteiger partial charge in [-0.1, -0.05) is 0 Å². The van der Waals surface area contributed by atoms with Crippen LogP contribution in [-0.2, 0) is 4.74 Å². The molecule has 0 spiro atoms. The molecule has 1 aromatic heterocycles. The molecule has 0 aromatic carbocycles. The lowest BCUT2D eigenvalue weighted by molar-refractivity contribution is 0.0687. The normalized spacial score (nSPS) is 21.0.